The number of Topliss-reactive ketones (excluding diaryl/α,β-unsaturated/α-hetero) is 1. The van der Waals surface area contributed by atoms with Gasteiger partial charge in [-0.3, -0.25) is 4.79 Å². The molecule has 2 heteroatoms. The van der Waals surface area contributed by atoms with Gasteiger partial charge in [0.25, 0.3) is 0 Å². The molecule has 0 amide bonds. The highest BCUT2D eigenvalue weighted by Gasteiger charge is 2.18. The van der Waals surface area contributed by atoms with Crippen LogP contribution in [-0.4, -0.2) is 18.5 Å². The Bertz CT molecular complexity index is 118. The van der Waals surface area contributed by atoms with E-state index in [0.717, 1.165) is 25.9 Å². The molecule has 1 fully saturated rings. The number of hydrogen-bond donors (Lipinski definition) is 0. The number of hydrogen-bond acceptors (Lipinski definition) is 2. The summed E-state index contributed by atoms with van der Waals surface area (Å²) in [5.41, 5.74) is 0. The highest BCUT2D eigenvalue weighted by atomic mass is 16.5. The van der Waals surface area contributed by atoms with Gasteiger partial charge >= 0.3 is 0 Å². The number of ketones is 1. The summed E-state index contributed by atoms with van der Waals surface area (Å²) in [6, 6.07) is 0. The van der Waals surface area contributed by atoms with Crippen LogP contribution in [0.3, 0.4) is 0 Å². The first kappa shape index (κ1) is 7.73. The van der Waals surface area contributed by atoms with Gasteiger partial charge in [-0.2, -0.15) is 0 Å². The fraction of sp³-hybridized carbons (Fsp3) is 0.875. The van der Waals surface area contributed by atoms with Gasteiger partial charge in [0.15, 0.2) is 0 Å². The second-order valence-corrected chi connectivity index (χ2v) is 2.71. The average Bonchev–Trinajstić information content (AvgIpc) is 1.88. The minimum absolute atomic E-state index is 0.228. The lowest BCUT2D eigenvalue weighted by Gasteiger charge is -2.19. The van der Waals surface area contributed by atoms with Crippen molar-refractivity contribution in [2.75, 3.05) is 6.61 Å². The van der Waals surface area contributed by atoms with Crippen LogP contribution in [0.4, 0.5) is 0 Å². The lowest BCUT2D eigenvalue weighted by Crippen LogP contribution is -2.22. The van der Waals surface area contributed by atoms with E-state index in [1.165, 1.54) is 0 Å². The normalized spacial score (nSPS) is 26.9. The first-order valence-electron chi connectivity index (χ1n) is 3.96. The minimum atomic E-state index is 0.228. The lowest BCUT2D eigenvalue weighted by atomic mass is 9.96. The molecule has 1 aliphatic rings. The quantitative estimate of drug-likeness (QED) is 0.584. The van der Waals surface area contributed by atoms with Gasteiger partial charge in [-0.05, 0) is 19.8 Å². The summed E-state index contributed by atoms with van der Waals surface area (Å²) in [5.74, 6) is 0.365. The third-order valence-electron chi connectivity index (χ3n) is 1.84. The van der Waals surface area contributed by atoms with Gasteiger partial charge < -0.3 is 4.74 Å². The lowest BCUT2D eigenvalue weighted by molar-refractivity contribution is -0.124. The Morgan fingerprint density at radius 1 is 1.70 bits per heavy atom. The second-order valence-electron chi connectivity index (χ2n) is 2.71. The summed E-state index contributed by atoms with van der Waals surface area (Å²) in [6.45, 7) is 2.71. The molecule has 0 aliphatic heterocycles. The third-order valence-corrected chi connectivity index (χ3v) is 1.84. The van der Waals surface area contributed by atoms with Crippen LogP contribution in [0.5, 0.6) is 0 Å². The number of carbonyl (C=O) groups excluding carboxylic acids is 1. The van der Waals surface area contributed by atoms with Crippen LogP contribution in [0.1, 0.15) is 32.6 Å². The Kier molecular flexibility index (Phi) is 2.87. The van der Waals surface area contributed by atoms with Crippen molar-refractivity contribution in [2.45, 2.75) is 38.7 Å². The van der Waals surface area contributed by atoms with E-state index < -0.39 is 0 Å². The van der Waals surface area contributed by atoms with Crippen molar-refractivity contribution in [2.24, 2.45) is 0 Å². The molecule has 0 aromatic rings. The molecule has 1 atom stereocenters. The summed E-state index contributed by atoms with van der Waals surface area (Å²) in [7, 11) is 0. The van der Waals surface area contributed by atoms with Gasteiger partial charge in [0, 0.05) is 19.4 Å². The molecule has 2 nitrogen and oxygen atoms in total. The van der Waals surface area contributed by atoms with Crippen molar-refractivity contribution in [1.29, 1.82) is 0 Å². The fourth-order valence-electron chi connectivity index (χ4n) is 1.36. The zero-order chi connectivity index (χ0) is 7.40. The van der Waals surface area contributed by atoms with Gasteiger partial charge in [-0.15, -0.1) is 0 Å². The SMILES string of the molecule is CCO[C@H]1CCCC(=O)C1. The van der Waals surface area contributed by atoms with Crippen molar-refractivity contribution in [3.05, 3.63) is 0 Å². The molecule has 0 aromatic carbocycles. The van der Waals surface area contributed by atoms with Crippen LogP contribution in [0.2, 0.25) is 0 Å². The molecule has 1 saturated carbocycles. The van der Waals surface area contributed by atoms with Crippen molar-refractivity contribution < 1.29 is 9.53 Å². The predicted molar refractivity (Wildman–Crippen MR) is 38.9 cm³/mol. The summed E-state index contributed by atoms with van der Waals surface area (Å²) in [4.78, 5) is 10.9. The number of rotatable bonds is 2. The Morgan fingerprint density at radius 3 is 3.10 bits per heavy atom. The van der Waals surface area contributed by atoms with Crippen LogP contribution in [-0.2, 0) is 9.53 Å². The van der Waals surface area contributed by atoms with E-state index in [4.69, 9.17) is 4.74 Å². The monoisotopic (exact) mass is 142 g/mol. The Labute approximate surface area is 61.6 Å². The van der Waals surface area contributed by atoms with E-state index in [0.29, 0.717) is 12.2 Å². The van der Waals surface area contributed by atoms with Crippen molar-refractivity contribution >= 4 is 5.78 Å². The predicted octanol–water partition coefficient (Wildman–Crippen LogP) is 1.53. The molecule has 10 heavy (non-hydrogen) atoms. The molecule has 0 spiro atoms. The maximum atomic E-state index is 10.9. The average molecular weight is 142 g/mol. The smallest absolute Gasteiger partial charge is 0.135 e. The highest BCUT2D eigenvalue weighted by molar-refractivity contribution is 5.79. The Balaban J connectivity index is 2.25. The molecule has 0 N–H and O–H groups in total. The zero-order valence-corrected chi connectivity index (χ0v) is 6.43. The highest BCUT2D eigenvalue weighted by Crippen LogP contribution is 2.17. The van der Waals surface area contributed by atoms with Gasteiger partial charge in [0.1, 0.15) is 5.78 Å². The van der Waals surface area contributed by atoms with Gasteiger partial charge in [-0.25, -0.2) is 0 Å². The van der Waals surface area contributed by atoms with E-state index in [1.807, 2.05) is 6.92 Å². The van der Waals surface area contributed by atoms with Crippen molar-refractivity contribution in [1.82, 2.24) is 0 Å². The van der Waals surface area contributed by atoms with Gasteiger partial charge in [-0.1, -0.05) is 0 Å². The largest absolute Gasteiger partial charge is 0.378 e. The molecule has 0 bridgehead atoms. The van der Waals surface area contributed by atoms with Crippen molar-refractivity contribution in [3.8, 4) is 0 Å². The van der Waals surface area contributed by atoms with Crippen LogP contribution < -0.4 is 0 Å². The second kappa shape index (κ2) is 3.71. The van der Waals surface area contributed by atoms with Crippen LogP contribution >= 0.6 is 0 Å². The van der Waals surface area contributed by atoms with Crippen LogP contribution in [0.15, 0.2) is 0 Å². The molecule has 0 radical (unpaired) electrons. The molecule has 0 saturated heterocycles. The number of ether oxygens (including phenoxy) is 1. The van der Waals surface area contributed by atoms with Crippen molar-refractivity contribution in [3.63, 3.8) is 0 Å². The van der Waals surface area contributed by atoms with Crippen LogP contribution in [0, 0.1) is 0 Å². The van der Waals surface area contributed by atoms with Crippen LogP contribution in [0.25, 0.3) is 0 Å². The maximum Gasteiger partial charge on any atom is 0.135 e. The molecule has 0 aromatic heterocycles. The molecule has 0 heterocycles. The van der Waals surface area contributed by atoms with E-state index in [1.54, 1.807) is 0 Å². The summed E-state index contributed by atoms with van der Waals surface area (Å²) in [5, 5.41) is 0. The summed E-state index contributed by atoms with van der Waals surface area (Å²) < 4.78 is 5.33. The molecule has 0 unspecified atom stereocenters. The third kappa shape index (κ3) is 2.10. The Morgan fingerprint density at radius 2 is 2.50 bits per heavy atom. The molecular weight excluding hydrogens is 128 g/mol. The van der Waals surface area contributed by atoms with E-state index in [9.17, 15) is 4.79 Å². The van der Waals surface area contributed by atoms with E-state index >= 15 is 0 Å². The van der Waals surface area contributed by atoms with Gasteiger partial charge in [0.05, 0.1) is 6.10 Å². The molecule has 1 rings (SSSR count). The molecule has 58 valence electrons. The minimum Gasteiger partial charge on any atom is -0.378 e. The number of carbonyl (C=O) groups is 1. The Hall–Kier alpha value is -0.370. The standard InChI is InChI=1S/C8H14O2/c1-2-10-8-5-3-4-7(9)6-8/h8H,2-6H2,1H3/t8-/m0/s1. The topological polar surface area (TPSA) is 26.3 Å². The molecular formula is C8H14O2. The summed E-state index contributed by atoms with van der Waals surface area (Å²) >= 11 is 0. The maximum absolute atomic E-state index is 10.9. The van der Waals surface area contributed by atoms with Gasteiger partial charge in [0.2, 0.25) is 0 Å². The van der Waals surface area contributed by atoms with E-state index in [-0.39, 0.29) is 6.10 Å². The molecule has 1 aliphatic carbocycles. The van der Waals surface area contributed by atoms with E-state index in [2.05, 4.69) is 0 Å². The fourth-order valence-corrected chi connectivity index (χ4v) is 1.36. The summed E-state index contributed by atoms with van der Waals surface area (Å²) in [6.07, 6.45) is 3.73. The first-order chi connectivity index (χ1) is 4.83. The first-order valence-corrected chi connectivity index (χ1v) is 3.96. The zero-order valence-electron chi connectivity index (χ0n) is 6.43.